The largest absolute Gasteiger partial charge is 0.481 e. The molecule has 0 unspecified atom stereocenters. The van der Waals surface area contributed by atoms with Crippen LogP contribution >= 0.6 is 0 Å². The summed E-state index contributed by atoms with van der Waals surface area (Å²) < 4.78 is 27.4. The Morgan fingerprint density at radius 3 is 2.41 bits per heavy atom. The van der Waals surface area contributed by atoms with Gasteiger partial charge in [-0.3, -0.25) is 9.59 Å². The maximum Gasteiger partial charge on any atom is 0.306 e. The van der Waals surface area contributed by atoms with Crippen molar-refractivity contribution < 1.29 is 23.1 Å². The Hall–Kier alpha value is -2.45. The number of piperidine rings is 1. The van der Waals surface area contributed by atoms with Crippen LogP contribution in [0.25, 0.3) is 10.8 Å². The zero-order chi connectivity index (χ0) is 19.4. The molecule has 0 saturated carbocycles. The molecule has 144 valence electrons. The first kappa shape index (κ1) is 19.3. The number of amides is 1. The van der Waals surface area contributed by atoms with Crippen LogP contribution in [0, 0.1) is 5.92 Å². The molecule has 1 amide bonds. The lowest BCUT2D eigenvalue weighted by molar-refractivity contribution is -0.145. The van der Waals surface area contributed by atoms with Crippen molar-refractivity contribution in [1.82, 2.24) is 9.62 Å². The van der Waals surface area contributed by atoms with E-state index in [4.69, 9.17) is 5.11 Å². The second kappa shape index (κ2) is 8.06. The molecule has 1 heterocycles. The van der Waals surface area contributed by atoms with Crippen LogP contribution < -0.4 is 4.72 Å². The normalized spacial score (nSPS) is 15.8. The number of hydrogen-bond donors (Lipinski definition) is 2. The minimum atomic E-state index is -3.70. The molecule has 27 heavy (non-hydrogen) atoms. The molecule has 0 spiro atoms. The number of nitrogens with zero attached hydrogens (tertiary/aromatic N) is 1. The van der Waals surface area contributed by atoms with Gasteiger partial charge in [0, 0.05) is 26.1 Å². The van der Waals surface area contributed by atoms with Gasteiger partial charge in [0.15, 0.2) is 0 Å². The second-order valence-electron chi connectivity index (χ2n) is 6.65. The van der Waals surface area contributed by atoms with Crippen molar-refractivity contribution in [3.8, 4) is 0 Å². The fourth-order valence-corrected chi connectivity index (χ4v) is 4.31. The highest BCUT2D eigenvalue weighted by Crippen LogP contribution is 2.19. The van der Waals surface area contributed by atoms with E-state index in [0.29, 0.717) is 25.9 Å². The van der Waals surface area contributed by atoms with Crippen molar-refractivity contribution in [1.29, 1.82) is 0 Å². The van der Waals surface area contributed by atoms with Gasteiger partial charge >= 0.3 is 5.97 Å². The van der Waals surface area contributed by atoms with Gasteiger partial charge in [0.1, 0.15) is 0 Å². The van der Waals surface area contributed by atoms with E-state index < -0.39 is 21.9 Å². The van der Waals surface area contributed by atoms with Crippen molar-refractivity contribution in [3.63, 3.8) is 0 Å². The molecular formula is C19H22N2O5S. The summed E-state index contributed by atoms with van der Waals surface area (Å²) in [7, 11) is -3.70. The highest BCUT2D eigenvalue weighted by molar-refractivity contribution is 7.89. The molecule has 0 radical (unpaired) electrons. The average molecular weight is 390 g/mol. The molecule has 0 aromatic heterocycles. The number of carboxylic acid groups (broad SMARTS) is 1. The van der Waals surface area contributed by atoms with Gasteiger partial charge in [-0.05, 0) is 35.7 Å². The van der Waals surface area contributed by atoms with Gasteiger partial charge in [-0.1, -0.05) is 30.3 Å². The van der Waals surface area contributed by atoms with E-state index in [1.165, 1.54) is 0 Å². The van der Waals surface area contributed by atoms with Crippen LogP contribution in [0.15, 0.2) is 47.4 Å². The predicted molar refractivity (Wildman–Crippen MR) is 101 cm³/mol. The second-order valence-corrected chi connectivity index (χ2v) is 8.42. The Labute approximate surface area is 158 Å². The van der Waals surface area contributed by atoms with Gasteiger partial charge < -0.3 is 10.0 Å². The number of sulfonamides is 1. The van der Waals surface area contributed by atoms with Crippen LogP contribution in [0.4, 0.5) is 0 Å². The van der Waals surface area contributed by atoms with E-state index in [1.807, 2.05) is 24.3 Å². The average Bonchev–Trinajstić information content (AvgIpc) is 2.67. The molecule has 0 aliphatic carbocycles. The molecule has 1 saturated heterocycles. The van der Waals surface area contributed by atoms with Crippen molar-refractivity contribution in [2.24, 2.45) is 5.92 Å². The highest BCUT2D eigenvalue weighted by Gasteiger charge is 2.27. The minimum Gasteiger partial charge on any atom is -0.481 e. The van der Waals surface area contributed by atoms with Crippen LogP contribution in [-0.2, 0) is 19.6 Å². The topological polar surface area (TPSA) is 104 Å². The van der Waals surface area contributed by atoms with E-state index in [1.54, 1.807) is 23.1 Å². The van der Waals surface area contributed by atoms with E-state index in [9.17, 15) is 18.0 Å². The first-order chi connectivity index (χ1) is 12.9. The summed E-state index contributed by atoms with van der Waals surface area (Å²) in [5.41, 5.74) is 0. The number of likely N-dealkylation sites (tertiary alicyclic amines) is 1. The van der Waals surface area contributed by atoms with Crippen LogP contribution in [0.3, 0.4) is 0 Å². The van der Waals surface area contributed by atoms with Gasteiger partial charge in [0.25, 0.3) is 0 Å². The lowest BCUT2D eigenvalue weighted by atomic mass is 9.97. The number of carbonyl (C=O) groups is 2. The maximum atomic E-state index is 12.5. The van der Waals surface area contributed by atoms with E-state index in [2.05, 4.69) is 4.72 Å². The van der Waals surface area contributed by atoms with Crippen LogP contribution in [0.5, 0.6) is 0 Å². The van der Waals surface area contributed by atoms with Crippen molar-refractivity contribution in [2.75, 3.05) is 19.6 Å². The fraction of sp³-hybridized carbons (Fsp3) is 0.368. The van der Waals surface area contributed by atoms with Crippen LogP contribution in [0.1, 0.15) is 19.3 Å². The number of carboxylic acids is 1. The summed E-state index contributed by atoms with van der Waals surface area (Å²) in [5, 5.41) is 10.8. The monoisotopic (exact) mass is 390 g/mol. The Kier molecular flexibility index (Phi) is 5.76. The predicted octanol–water partition coefficient (Wildman–Crippen LogP) is 1.83. The molecule has 0 bridgehead atoms. The first-order valence-corrected chi connectivity index (χ1v) is 10.3. The van der Waals surface area contributed by atoms with Crippen LogP contribution in [-0.4, -0.2) is 49.9 Å². The van der Waals surface area contributed by atoms with Gasteiger partial charge in [-0.25, -0.2) is 13.1 Å². The summed E-state index contributed by atoms with van der Waals surface area (Å²) >= 11 is 0. The Bertz CT molecular complexity index is 949. The molecule has 3 rings (SSSR count). The molecule has 1 fully saturated rings. The SMILES string of the molecule is O=C(O)C1CCN(C(=O)CCNS(=O)(=O)c2ccc3ccccc3c2)CC1. The van der Waals surface area contributed by atoms with E-state index in [0.717, 1.165) is 10.8 Å². The molecule has 2 aromatic carbocycles. The number of aliphatic carboxylic acids is 1. The zero-order valence-electron chi connectivity index (χ0n) is 14.8. The Morgan fingerprint density at radius 2 is 1.74 bits per heavy atom. The third-order valence-corrected chi connectivity index (χ3v) is 6.32. The van der Waals surface area contributed by atoms with Gasteiger partial charge in [-0.15, -0.1) is 0 Å². The molecule has 1 aliphatic heterocycles. The van der Waals surface area contributed by atoms with Gasteiger partial charge in [0.05, 0.1) is 10.8 Å². The summed E-state index contributed by atoms with van der Waals surface area (Å²) in [6, 6.07) is 12.4. The molecule has 2 aromatic rings. The van der Waals surface area contributed by atoms with Crippen molar-refractivity contribution >= 4 is 32.7 Å². The fourth-order valence-electron chi connectivity index (χ4n) is 3.24. The van der Waals surface area contributed by atoms with Crippen molar-refractivity contribution in [3.05, 3.63) is 42.5 Å². The summed E-state index contributed by atoms with van der Waals surface area (Å²) in [5.74, 6) is -1.40. The Balaban J connectivity index is 1.54. The number of fused-ring (bicyclic) bond motifs is 1. The number of carbonyl (C=O) groups excluding carboxylic acids is 1. The van der Waals surface area contributed by atoms with Gasteiger partial charge in [-0.2, -0.15) is 0 Å². The summed E-state index contributed by atoms with van der Waals surface area (Å²) in [6.07, 6.45) is 0.915. The molecule has 1 aliphatic rings. The molecule has 2 N–H and O–H groups in total. The number of rotatable bonds is 6. The quantitative estimate of drug-likeness (QED) is 0.783. The highest BCUT2D eigenvalue weighted by atomic mass is 32.2. The summed E-state index contributed by atoms with van der Waals surface area (Å²) in [4.78, 5) is 24.9. The molecule has 8 heteroatoms. The number of nitrogens with one attached hydrogen (secondary N) is 1. The standard InChI is InChI=1S/C19H22N2O5S/c22-18(21-11-8-15(9-12-21)19(23)24)7-10-20-27(25,26)17-6-5-14-3-1-2-4-16(14)13-17/h1-6,13,15,20H,7-12H2,(H,23,24). The number of benzene rings is 2. The smallest absolute Gasteiger partial charge is 0.306 e. The molecule has 0 atom stereocenters. The van der Waals surface area contributed by atoms with E-state index >= 15 is 0 Å². The number of hydrogen-bond acceptors (Lipinski definition) is 4. The van der Waals surface area contributed by atoms with Crippen molar-refractivity contribution in [2.45, 2.75) is 24.2 Å². The lowest BCUT2D eigenvalue weighted by Crippen LogP contribution is -2.41. The van der Waals surface area contributed by atoms with Gasteiger partial charge in [0.2, 0.25) is 15.9 Å². The molecule has 7 nitrogen and oxygen atoms in total. The van der Waals surface area contributed by atoms with E-state index in [-0.39, 0.29) is 23.8 Å². The molecular weight excluding hydrogens is 368 g/mol. The third kappa shape index (κ3) is 4.64. The third-order valence-electron chi connectivity index (χ3n) is 4.86. The maximum absolute atomic E-state index is 12.5. The van der Waals surface area contributed by atoms with Crippen LogP contribution in [0.2, 0.25) is 0 Å². The Morgan fingerprint density at radius 1 is 1.07 bits per heavy atom. The first-order valence-electron chi connectivity index (χ1n) is 8.86. The summed E-state index contributed by atoms with van der Waals surface area (Å²) in [6.45, 7) is 0.799. The minimum absolute atomic E-state index is 0.00680. The zero-order valence-corrected chi connectivity index (χ0v) is 15.6. The lowest BCUT2D eigenvalue weighted by Gasteiger charge is -2.30.